The summed E-state index contributed by atoms with van der Waals surface area (Å²) in [6.07, 6.45) is 0. The molecule has 1 amide bonds. The second-order valence-electron chi connectivity index (χ2n) is 3.88. The van der Waals surface area contributed by atoms with E-state index in [4.69, 9.17) is 16.3 Å². The smallest absolute Gasteiger partial charge is 0.259 e. The Kier molecular flexibility index (Phi) is 5.16. The lowest BCUT2D eigenvalue weighted by Gasteiger charge is -2.12. The van der Waals surface area contributed by atoms with Crippen molar-refractivity contribution in [1.82, 2.24) is 9.62 Å². The normalized spacial score (nSPS) is 11.2. The second kappa shape index (κ2) is 6.23. The zero-order valence-electron chi connectivity index (χ0n) is 10.8. The van der Waals surface area contributed by atoms with Crippen molar-refractivity contribution in [2.45, 2.75) is 4.90 Å². The van der Waals surface area contributed by atoms with E-state index >= 15 is 0 Å². The molecule has 0 aliphatic carbocycles. The van der Waals surface area contributed by atoms with Gasteiger partial charge in [0, 0.05) is 14.1 Å². The highest BCUT2D eigenvalue weighted by molar-refractivity contribution is 7.89. The first-order valence-electron chi connectivity index (χ1n) is 5.34. The Hall–Kier alpha value is -1.31. The Balaban J connectivity index is 2.87. The lowest BCUT2D eigenvalue weighted by Crippen LogP contribution is -2.27. The highest BCUT2D eigenvalue weighted by Crippen LogP contribution is 2.27. The van der Waals surface area contributed by atoms with E-state index in [1.54, 1.807) is 14.1 Å². The third-order valence-electron chi connectivity index (χ3n) is 2.33. The Morgan fingerprint density at radius 1 is 1.42 bits per heavy atom. The highest BCUT2D eigenvalue weighted by Gasteiger charge is 2.14. The van der Waals surface area contributed by atoms with Crippen molar-refractivity contribution in [3.63, 3.8) is 0 Å². The summed E-state index contributed by atoms with van der Waals surface area (Å²) in [6, 6.07) is 4.03. The highest BCUT2D eigenvalue weighted by atomic mass is 35.5. The molecule has 1 N–H and O–H groups in total. The Bertz CT molecular complexity index is 572. The molecule has 0 unspecified atom stereocenters. The molecule has 1 aromatic rings. The molecule has 6 nitrogen and oxygen atoms in total. The van der Waals surface area contributed by atoms with Crippen LogP contribution in [0.4, 0.5) is 0 Å². The van der Waals surface area contributed by atoms with Crippen molar-refractivity contribution < 1.29 is 17.9 Å². The van der Waals surface area contributed by atoms with Crippen LogP contribution < -0.4 is 9.46 Å². The third-order valence-corrected chi connectivity index (χ3v) is 4.04. The van der Waals surface area contributed by atoms with Crippen LogP contribution >= 0.6 is 11.6 Å². The molecule has 19 heavy (non-hydrogen) atoms. The Morgan fingerprint density at radius 3 is 2.53 bits per heavy atom. The van der Waals surface area contributed by atoms with Crippen LogP contribution in [-0.2, 0) is 14.8 Å². The van der Waals surface area contributed by atoms with E-state index in [-0.39, 0.29) is 28.2 Å². The zero-order valence-corrected chi connectivity index (χ0v) is 12.4. The van der Waals surface area contributed by atoms with Crippen molar-refractivity contribution in [3.05, 3.63) is 23.2 Å². The molecular weight excluding hydrogens is 292 g/mol. The van der Waals surface area contributed by atoms with E-state index in [1.807, 2.05) is 0 Å². The molecule has 0 bridgehead atoms. The van der Waals surface area contributed by atoms with Crippen molar-refractivity contribution in [2.75, 3.05) is 27.7 Å². The maximum atomic E-state index is 11.5. The van der Waals surface area contributed by atoms with E-state index in [2.05, 4.69) is 4.72 Å². The van der Waals surface area contributed by atoms with Gasteiger partial charge in [-0.3, -0.25) is 4.79 Å². The minimum absolute atomic E-state index is 0.0336. The largest absolute Gasteiger partial charge is 0.482 e. The van der Waals surface area contributed by atoms with Gasteiger partial charge < -0.3 is 9.64 Å². The van der Waals surface area contributed by atoms with Gasteiger partial charge in [0.15, 0.2) is 6.61 Å². The van der Waals surface area contributed by atoms with Gasteiger partial charge in [0.25, 0.3) is 5.91 Å². The molecule has 0 aromatic heterocycles. The summed E-state index contributed by atoms with van der Waals surface area (Å²) in [7, 11) is 0.976. The number of sulfonamides is 1. The van der Waals surface area contributed by atoms with Crippen molar-refractivity contribution >= 4 is 27.5 Å². The predicted octanol–water partition coefficient (Wildman–Crippen LogP) is 0.715. The number of rotatable bonds is 5. The molecule has 1 rings (SSSR count). The van der Waals surface area contributed by atoms with Crippen LogP contribution in [0.3, 0.4) is 0 Å². The van der Waals surface area contributed by atoms with E-state index in [0.717, 1.165) is 0 Å². The fourth-order valence-corrected chi connectivity index (χ4v) is 2.21. The number of hydrogen-bond donors (Lipinski definition) is 1. The molecule has 8 heteroatoms. The van der Waals surface area contributed by atoms with Gasteiger partial charge in [0.1, 0.15) is 5.75 Å². The molecular formula is C11H15ClN2O4S. The Morgan fingerprint density at radius 2 is 2.05 bits per heavy atom. The molecule has 0 saturated carbocycles. The summed E-state index contributed by atoms with van der Waals surface area (Å²) in [4.78, 5) is 12.8. The lowest BCUT2D eigenvalue weighted by atomic mass is 10.3. The molecule has 106 valence electrons. The van der Waals surface area contributed by atoms with Crippen LogP contribution in [0.1, 0.15) is 0 Å². The van der Waals surface area contributed by atoms with Crippen LogP contribution in [0.15, 0.2) is 23.1 Å². The zero-order chi connectivity index (χ0) is 14.6. The number of hydrogen-bond acceptors (Lipinski definition) is 4. The fraction of sp³-hybridized carbons (Fsp3) is 0.364. The maximum absolute atomic E-state index is 11.5. The monoisotopic (exact) mass is 306 g/mol. The molecule has 0 heterocycles. The first-order valence-corrected chi connectivity index (χ1v) is 7.20. The minimum atomic E-state index is -3.55. The maximum Gasteiger partial charge on any atom is 0.259 e. The van der Waals surface area contributed by atoms with Gasteiger partial charge in [0.05, 0.1) is 9.92 Å². The summed E-state index contributed by atoms with van der Waals surface area (Å²) in [5.41, 5.74) is 0. The average Bonchev–Trinajstić information content (AvgIpc) is 2.36. The number of carbonyl (C=O) groups excluding carboxylic acids is 1. The van der Waals surface area contributed by atoms with Crippen molar-refractivity contribution in [3.8, 4) is 5.75 Å². The van der Waals surface area contributed by atoms with Gasteiger partial charge in [-0.25, -0.2) is 13.1 Å². The first-order chi connectivity index (χ1) is 8.77. The molecule has 0 saturated heterocycles. The summed E-state index contributed by atoms with van der Waals surface area (Å²) < 4.78 is 30.5. The number of nitrogens with one attached hydrogen (secondary N) is 1. The van der Waals surface area contributed by atoms with Crippen LogP contribution in [-0.4, -0.2) is 47.0 Å². The van der Waals surface area contributed by atoms with Crippen molar-refractivity contribution in [2.24, 2.45) is 0 Å². The number of ether oxygens (including phenoxy) is 1. The van der Waals surface area contributed by atoms with Gasteiger partial charge in [-0.15, -0.1) is 0 Å². The van der Waals surface area contributed by atoms with Crippen molar-refractivity contribution in [1.29, 1.82) is 0 Å². The molecule has 0 fully saturated rings. The third kappa shape index (κ3) is 4.09. The van der Waals surface area contributed by atoms with E-state index in [9.17, 15) is 13.2 Å². The Labute approximate surface area is 117 Å². The molecule has 0 atom stereocenters. The summed E-state index contributed by atoms with van der Waals surface area (Å²) in [5.74, 6) is 0.0370. The summed E-state index contributed by atoms with van der Waals surface area (Å²) in [5, 5.41) is 0.128. The fourth-order valence-electron chi connectivity index (χ4n) is 1.15. The topological polar surface area (TPSA) is 75.7 Å². The SMILES string of the molecule is CNS(=O)(=O)c1ccc(OCC(=O)N(C)C)c(Cl)c1. The summed E-state index contributed by atoms with van der Waals surface area (Å²) in [6.45, 7) is -0.162. The number of halogens is 1. The predicted molar refractivity (Wildman–Crippen MR) is 71.9 cm³/mol. The molecule has 0 aliphatic rings. The van der Waals surface area contributed by atoms with Gasteiger partial charge in [0.2, 0.25) is 10.0 Å². The number of amides is 1. The number of benzene rings is 1. The van der Waals surface area contributed by atoms with Gasteiger partial charge in [-0.1, -0.05) is 11.6 Å². The summed E-state index contributed by atoms with van der Waals surface area (Å²) >= 11 is 5.91. The molecule has 0 spiro atoms. The molecule has 0 radical (unpaired) electrons. The van der Waals surface area contributed by atoms with Gasteiger partial charge in [-0.05, 0) is 25.2 Å². The number of likely N-dealkylation sites (N-methyl/N-ethyl adjacent to an activating group) is 1. The van der Waals surface area contributed by atoms with Gasteiger partial charge in [-0.2, -0.15) is 0 Å². The van der Waals surface area contributed by atoms with Crippen LogP contribution in [0.25, 0.3) is 0 Å². The average molecular weight is 307 g/mol. The van der Waals surface area contributed by atoms with Crippen LogP contribution in [0.5, 0.6) is 5.75 Å². The first kappa shape index (κ1) is 15.7. The van der Waals surface area contributed by atoms with Gasteiger partial charge >= 0.3 is 0 Å². The molecule has 0 aliphatic heterocycles. The van der Waals surface area contributed by atoms with E-state index < -0.39 is 10.0 Å². The lowest BCUT2D eigenvalue weighted by molar-refractivity contribution is -0.130. The number of nitrogens with zero attached hydrogens (tertiary/aromatic N) is 1. The van der Waals surface area contributed by atoms with Crippen LogP contribution in [0.2, 0.25) is 5.02 Å². The minimum Gasteiger partial charge on any atom is -0.482 e. The standard InChI is InChI=1S/C11H15ClN2O4S/c1-13-19(16,17)8-4-5-10(9(12)6-8)18-7-11(15)14(2)3/h4-6,13H,7H2,1-3H3. The second-order valence-corrected chi connectivity index (χ2v) is 6.17. The molecule has 1 aromatic carbocycles. The van der Waals surface area contributed by atoms with Crippen LogP contribution in [0, 0.1) is 0 Å². The van der Waals surface area contributed by atoms with E-state index in [1.165, 1.54) is 30.1 Å². The number of carbonyl (C=O) groups is 1. The quantitative estimate of drug-likeness (QED) is 0.869. The van der Waals surface area contributed by atoms with E-state index in [0.29, 0.717) is 0 Å².